The predicted octanol–water partition coefficient (Wildman–Crippen LogP) is 2.63. The SMILES string of the molecule is COCc1cc(/C(C)=N\NC(=O)Cc2cn3ccsc3n2)ccc1OC. The minimum absolute atomic E-state index is 0.183. The van der Waals surface area contributed by atoms with Crippen LogP contribution in [0.2, 0.25) is 0 Å². The van der Waals surface area contributed by atoms with Gasteiger partial charge in [0, 0.05) is 30.4 Å². The van der Waals surface area contributed by atoms with Crippen molar-refractivity contribution in [1.29, 1.82) is 0 Å². The number of carbonyl (C=O) groups excluding carboxylic acids is 1. The molecule has 3 aromatic rings. The maximum atomic E-state index is 12.1. The van der Waals surface area contributed by atoms with Gasteiger partial charge in [-0.2, -0.15) is 5.10 Å². The van der Waals surface area contributed by atoms with Crippen molar-refractivity contribution in [2.24, 2.45) is 5.10 Å². The Morgan fingerprint density at radius 3 is 2.96 bits per heavy atom. The maximum absolute atomic E-state index is 12.1. The standard InChI is InChI=1S/C18H20N4O3S/c1-12(13-4-5-16(25-3)14(8-13)11-24-2)20-21-17(23)9-15-10-22-6-7-26-18(22)19-15/h4-8,10H,9,11H2,1-3H3,(H,21,23)/b20-12-. The number of imidazole rings is 1. The van der Waals surface area contributed by atoms with Gasteiger partial charge in [-0.05, 0) is 30.7 Å². The number of nitrogens with zero attached hydrogens (tertiary/aromatic N) is 3. The number of carbonyl (C=O) groups is 1. The summed E-state index contributed by atoms with van der Waals surface area (Å²) in [4.78, 5) is 17.4. The fraction of sp³-hybridized carbons (Fsp3) is 0.278. The number of thiazole rings is 1. The largest absolute Gasteiger partial charge is 0.496 e. The molecule has 3 rings (SSSR count). The number of amides is 1. The van der Waals surface area contributed by atoms with Gasteiger partial charge in [-0.3, -0.25) is 9.20 Å². The lowest BCUT2D eigenvalue weighted by Crippen LogP contribution is -2.21. The molecule has 1 amide bonds. The normalized spacial score (nSPS) is 11.7. The van der Waals surface area contributed by atoms with Crippen LogP contribution in [0.1, 0.15) is 23.7 Å². The molecule has 0 saturated carbocycles. The molecule has 1 N–H and O–H groups in total. The molecule has 0 saturated heterocycles. The predicted molar refractivity (Wildman–Crippen MR) is 101 cm³/mol. The molecule has 0 aliphatic rings. The van der Waals surface area contributed by atoms with Crippen molar-refractivity contribution < 1.29 is 14.3 Å². The third-order valence-corrected chi connectivity index (χ3v) is 4.60. The Bertz CT molecular complexity index is 916. The van der Waals surface area contributed by atoms with Crippen molar-refractivity contribution in [3.63, 3.8) is 0 Å². The molecule has 0 aliphatic carbocycles. The first-order valence-electron chi connectivity index (χ1n) is 8.01. The van der Waals surface area contributed by atoms with Gasteiger partial charge in [0.25, 0.3) is 0 Å². The van der Waals surface area contributed by atoms with Crippen molar-refractivity contribution in [2.45, 2.75) is 20.0 Å². The molecule has 0 spiro atoms. The Morgan fingerprint density at radius 2 is 2.23 bits per heavy atom. The molecular formula is C18H20N4O3S. The number of ether oxygens (including phenoxy) is 2. The Hall–Kier alpha value is -2.71. The highest BCUT2D eigenvalue weighted by Crippen LogP contribution is 2.21. The zero-order valence-corrected chi connectivity index (χ0v) is 15.7. The minimum atomic E-state index is -0.208. The second-order valence-corrected chi connectivity index (χ2v) is 6.57. The van der Waals surface area contributed by atoms with E-state index < -0.39 is 0 Å². The molecule has 0 atom stereocenters. The van der Waals surface area contributed by atoms with E-state index in [2.05, 4.69) is 15.5 Å². The molecule has 8 heteroatoms. The highest BCUT2D eigenvalue weighted by molar-refractivity contribution is 7.15. The molecule has 2 heterocycles. The highest BCUT2D eigenvalue weighted by atomic mass is 32.1. The molecule has 0 radical (unpaired) electrons. The highest BCUT2D eigenvalue weighted by Gasteiger charge is 2.09. The summed E-state index contributed by atoms with van der Waals surface area (Å²) in [5, 5.41) is 6.14. The Kier molecular flexibility index (Phi) is 5.65. The fourth-order valence-electron chi connectivity index (χ4n) is 2.55. The summed E-state index contributed by atoms with van der Waals surface area (Å²) in [6.45, 7) is 2.28. The lowest BCUT2D eigenvalue weighted by Gasteiger charge is -2.10. The lowest BCUT2D eigenvalue weighted by molar-refractivity contribution is -0.120. The zero-order valence-electron chi connectivity index (χ0n) is 14.9. The number of hydrazone groups is 1. The molecular weight excluding hydrogens is 352 g/mol. The Labute approximate surface area is 155 Å². The van der Waals surface area contributed by atoms with E-state index in [9.17, 15) is 4.79 Å². The van der Waals surface area contributed by atoms with Gasteiger partial charge in [-0.25, -0.2) is 10.4 Å². The number of methoxy groups -OCH3 is 2. The van der Waals surface area contributed by atoms with E-state index >= 15 is 0 Å². The summed E-state index contributed by atoms with van der Waals surface area (Å²) in [7, 11) is 3.25. The van der Waals surface area contributed by atoms with Gasteiger partial charge < -0.3 is 9.47 Å². The van der Waals surface area contributed by atoms with Crippen LogP contribution in [-0.4, -0.2) is 35.2 Å². The van der Waals surface area contributed by atoms with E-state index in [1.165, 1.54) is 11.3 Å². The Balaban J connectivity index is 1.66. The summed E-state index contributed by atoms with van der Waals surface area (Å²) in [6.07, 6.45) is 3.95. The molecule has 136 valence electrons. The van der Waals surface area contributed by atoms with Crippen LogP contribution in [0.4, 0.5) is 0 Å². The number of rotatable bonds is 7. The number of aromatic nitrogens is 2. The van der Waals surface area contributed by atoms with Gasteiger partial charge in [0.1, 0.15) is 5.75 Å². The van der Waals surface area contributed by atoms with Gasteiger partial charge in [0.15, 0.2) is 4.96 Å². The molecule has 0 bridgehead atoms. The van der Waals surface area contributed by atoms with Crippen LogP contribution in [0.25, 0.3) is 4.96 Å². The van der Waals surface area contributed by atoms with Crippen molar-refractivity contribution >= 4 is 27.9 Å². The van der Waals surface area contributed by atoms with Crippen LogP contribution >= 0.6 is 11.3 Å². The average Bonchev–Trinajstić information content (AvgIpc) is 3.21. The number of hydrogen-bond donors (Lipinski definition) is 1. The molecule has 0 fully saturated rings. The van der Waals surface area contributed by atoms with Crippen molar-refractivity contribution in [3.8, 4) is 5.75 Å². The second-order valence-electron chi connectivity index (χ2n) is 5.69. The first kappa shape index (κ1) is 18.1. The summed E-state index contributed by atoms with van der Waals surface area (Å²) in [6, 6.07) is 5.70. The molecule has 0 aliphatic heterocycles. The van der Waals surface area contributed by atoms with Crippen molar-refractivity contribution in [2.75, 3.05) is 14.2 Å². The first-order chi connectivity index (χ1) is 12.6. The number of nitrogens with one attached hydrogen (secondary N) is 1. The van der Waals surface area contributed by atoms with E-state index in [0.717, 1.165) is 21.8 Å². The molecule has 7 nitrogen and oxygen atoms in total. The molecule has 1 aromatic carbocycles. The second kappa shape index (κ2) is 8.11. The van der Waals surface area contributed by atoms with Crippen LogP contribution in [-0.2, 0) is 22.6 Å². The average molecular weight is 372 g/mol. The summed E-state index contributed by atoms with van der Waals surface area (Å²) in [5.74, 6) is 0.549. The van der Waals surface area contributed by atoms with Crippen LogP contribution in [0.3, 0.4) is 0 Å². The van der Waals surface area contributed by atoms with E-state index in [1.807, 2.05) is 47.3 Å². The van der Waals surface area contributed by atoms with Gasteiger partial charge in [0.05, 0.1) is 31.5 Å². The summed E-state index contributed by atoms with van der Waals surface area (Å²) in [5.41, 5.74) is 5.81. The quantitative estimate of drug-likeness (QED) is 0.511. The smallest absolute Gasteiger partial charge is 0.246 e. The number of fused-ring (bicyclic) bond motifs is 1. The number of hydrogen-bond acceptors (Lipinski definition) is 6. The van der Waals surface area contributed by atoms with Crippen molar-refractivity contribution in [3.05, 3.63) is 52.8 Å². The van der Waals surface area contributed by atoms with E-state index in [4.69, 9.17) is 9.47 Å². The van der Waals surface area contributed by atoms with E-state index in [-0.39, 0.29) is 12.3 Å². The fourth-order valence-corrected chi connectivity index (χ4v) is 3.27. The first-order valence-corrected chi connectivity index (χ1v) is 8.89. The third-order valence-electron chi connectivity index (χ3n) is 3.83. The van der Waals surface area contributed by atoms with Crippen LogP contribution in [0.15, 0.2) is 41.1 Å². The molecule has 2 aromatic heterocycles. The monoisotopic (exact) mass is 372 g/mol. The van der Waals surface area contributed by atoms with E-state index in [1.54, 1.807) is 14.2 Å². The molecule has 0 unspecified atom stereocenters. The van der Waals surface area contributed by atoms with Gasteiger partial charge in [-0.15, -0.1) is 11.3 Å². The van der Waals surface area contributed by atoms with Crippen LogP contribution in [0.5, 0.6) is 5.75 Å². The number of benzene rings is 1. The summed E-state index contributed by atoms with van der Waals surface area (Å²) >= 11 is 1.53. The topological polar surface area (TPSA) is 77.2 Å². The van der Waals surface area contributed by atoms with Gasteiger partial charge >= 0.3 is 0 Å². The van der Waals surface area contributed by atoms with Gasteiger partial charge in [0.2, 0.25) is 5.91 Å². The van der Waals surface area contributed by atoms with Gasteiger partial charge in [-0.1, -0.05) is 0 Å². The Morgan fingerprint density at radius 1 is 1.38 bits per heavy atom. The van der Waals surface area contributed by atoms with Crippen LogP contribution in [0, 0.1) is 0 Å². The van der Waals surface area contributed by atoms with Crippen LogP contribution < -0.4 is 10.2 Å². The zero-order chi connectivity index (χ0) is 18.5. The van der Waals surface area contributed by atoms with Crippen molar-refractivity contribution in [1.82, 2.24) is 14.8 Å². The third kappa shape index (κ3) is 4.09. The lowest BCUT2D eigenvalue weighted by atomic mass is 10.1. The maximum Gasteiger partial charge on any atom is 0.246 e. The molecule has 26 heavy (non-hydrogen) atoms. The summed E-state index contributed by atoms with van der Waals surface area (Å²) < 4.78 is 12.4. The minimum Gasteiger partial charge on any atom is -0.496 e. The van der Waals surface area contributed by atoms with E-state index in [0.29, 0.717) is 18.0 Å².